The fourth-order valence-corrected chi connectivity index (χ4v) is 3.24. The third kappa shape index (κ3) is 8.02. The summed E-state index contributed by atoms with van der Waals surface area (Å²) in [4.78, 5) is 9.21. The number of rotatable bonds is 9. The first-order valence-corrected chi connectivity index (χ1v) is 10.3. The maximum atomic E-state index is 13.3. The van der Waals surface area contributed by atoms with Crippen LogP contribution in [0.1, 0.15) is 20.3 Å². The van der Waals surface area contributed by atoms with Crippen LogP contribution in [0.4, 0.5) is 4.39 Å². The number of hydrogen-bond acceptors (Lipinski definition) is 4. The summed E-state index contributed by atoms with van der Waals surface area (Å²) in [6, 6.07) is 6.27. The van der Waals surface area contributed by atoms with Gasteiger partial charge in [-0.2, -0.15) is 0 Å². The Labute approximate surface area is 169 Å². The summed E-state index contributed by atoms with van der Waals surface area (Å²) in [7, 11) is 3.95. The average Bonchev–Trinajstić information content (AvgIpc) is 2.69. The molecule has 1 aromatic carbocycles. The topological polar surface area (TPSA) is 52.1 Å². The molecule has 2 rings (SSSR count). The van der Waals surface area contributed by atoms with Crippen LogP contribution in [0.15, 0.2) is 29.3 Å². The minimum absolute atomic E-state index is 0.0527. The van der Waals surface area contributed by atoms with Gasteiger partial charge in [-0.25, -0.2) is 4.39 Å². The summed E-state index contributed by atoms with van der Waals surface area (Å²) in [5.41, 5.74) is 0. The van der Waals surface area contributed by atoms with Gasteiger partial charge in [0.25, 0.3) is 0 Å². The van der Waals surface area contributed by atoms with E-state index in [0.717, 1.165) is 51.6 Å². The zero-order valence-electron chi connectivity index (χ0n) is 17.7. The molecule has 1 aromatic rings. The van der Waals surface area contributed by atoms with Gasteiger partial charge in [-0.05, 0) is 31.5 Å². The van der Waals surface area contributed by atoms with Gasteiger partial charge in [-0.3, -0.25) is 4.99 Å². The monoisotopic (exact) mass is 393 g/mol. The van der Waals surface area contributed by atoms with Crippen molar-refractivity contribution in [2.75, 3.05) is 59.9 Å². The number of benzene rings is 1. The molecule has 0 radical (unpaired) electrons. The molecule has 0 amide bonds. The Kier molecular flexibility index (Phi) is 9.50. The van der Waals surface area contributed by atoms with Crippen LogP contribution in [0.2, 0.25) is 0 Å². The number of nitrogens with zero attached hydrogens (tertiary/aromatic N) is 3. The van der Waals surface area contributed by atoms with Gasteiger partial charge < -0.3 is 25.2 Å². The fourth-order valence-electron chi connectivity index (χ4n) is 3.24. The quantitative estimate of drug-likeness (QED) is 0.497. The maximum absolute atomic E-state index is 13.3. The standard InChI is InChI=1S/C21H36FN5O/c1-5-19(28-20-8-6-7-18(22)13-20)15-25-21(23-3)24-14-17(2)16-27-11-9-26(4)10-12-27/h6-8,13,17,19H,5,9-12,14-16H2,1-4H3,(H2,23,24,25). The number of aliphatic imine (C=N–C) groups is 1. The van der Waals surface area contributed by atoms with Crippen LogP contribution in [0.3, 0.4) is 0 Å². The third-order valence-corrected chi connectivity index (χ3v) is 5.06. The third-order valence-electron chi connectivity index (χ3n) is 5.06. The van der Waals surface area contributed by atoms with E-state index in [9.17, 15) is 4.39 Å². The summed E-state index contributed by atoms with van der Waals surface area (Å²) in [5, 5.41) is 6.73. The second kappa shape index (κ2) is 11.9. The van der Waals surface area contributed by atoms with Crippen molar-refractivity contribution in [3.8, 4) is 5.75 Å². The van der Waals surface area contributed by atoms with E-state index in [1.807, 2.05) is 0 Å². The molecular formula is C21H36FN5O. The molecule has 1 fully saturated rings. The van der Waals surface area contributed by atoms with Crippen LogP contribution in [0, 0.1) is 11.7 Å². The predicted molar refractivity (Wildman–Crippen MR) is 114 cm³/mol. The lowest BCUT2D eigenvalue weighted by molar-refractivity contribution is 0.139. The molecule has 1 aliphatic rings. The molecule has 0 aromatic heterocycles. The Morgan fingerprint density at radius 3 is 2.57 bits per heavy atom. The summed E-state index contributed by atoms with van der Waals surface area (Å²) >= 11 is 0. The fraction of sp³-hybridized carbons (Fsp3) is 0.667. The highest BCUT2D eigenvalue weighted by Crippen LogP contribution is 2.14. The van der Waals surface area contributed by atoms with Crippen LogP contribution in [0.5, 0.6) is 5.75 Å². The molecule has 7 heteroatoms. The van der Waals surface area contributed by atoms with Crippen LogP contribution in [-0.4, -0.2) is 81.8 Å². The smallest absolute Gasteiger partial charge is 0.191 e. The number of ether oxygens (including phenoxy) is 1. The van der Waals surface area contributed by atoms with Crippen molar-refractivity contribution in [1.82, 2.24) is 20.4 Å². The second-order valence-corrected chi connectivity index (χ2v) is 7.65. The first-order valence-electron chi connectivity index (χ1n) is 10.3. The minimum Gasteiger partial charge on any atom is -0.489 e. The molecule has 28 heavy (non-hydrogen) atoms. The van der Waals surface area contributed by atoms with Gasteiger partial charge in [0.15, 0.2) is 5.96 Å². The Morgan fingerprint density at radius 1 is 1.21 bits per heavy atom. The molecule has 1 aliphatic heterocycles. The zero-order valence-corrected chi connectivity index (χ0v) is 17.7. The highest BCUT2D eigenvalue weighted by molar-refractivity contribution is 5.79. The SMILES string of the molecule is CCC(CNC(=NC)NCC(C)CN1CCN(C)CC1)Oc1cccc(F)c1. The van der Waals surface area contributed by atoms with E-state index in [1.54, 1.807) is 19.2 Å². The lowest BCUT2D eigenvalue weighted by Gasteiger charge is -2.34. The van der Waals surface area contributed by atoms with Gasteiger partial charge >= 0.3 is 0 Å². The highest BCUT2D eigenvalue weighted by Gasteiger charge is 2.16. The molecule has 158 valence electrons. The van der Waals surface area contributed by atoms with Gasteiger partial charge in [0.05, 0.1) is 6.54 Å². The van der Waals surface area contributed by atoms with E-state index >= 15 is 0 Å². The Hall–Kier alpha value is -1.86. The van der Waals surface area contributed by atoms with Gasteiger partial charge in [0.1, 0.15) is 17.7 Å². The Morgan fingerprint density at radius 2 is 1.93 bits per heavy atom. The van der Waals surface area contributed by atoms with Gasteiger partial charge in [0.2, 0.25) is 0 Å². The van der Waals surface area contributed by atoms with Crippen molar-refractivity contribution in [2.45, 2.75) is 26.4 Å². The number of halogens is 1. The van der Waals surface area contributed by atoms with Crippen LogP contribution < -0.4 is 15.4 Å². The Balaban J connectivity index is 1.70. The molecule has 0 saturated carbocycles. The van der Waals surface area contributed by atoms with E-state index in [-0.39, 0.29) is 11.9 Å². The zero-order chi connectivity index (χ0) is 20.4. The summed E-state index contributed by atoms with van der Waals surface area (Å²) < 4.78 is 19.2. The number of nitrogens with one attached hydrogen (secondary N) is 2. The molecule has 2 unspecified atom stereocenters. The largest absolute Gasteiger partial charge is 0.489 e. The average molecular weight is 394 g/mol. The van der Waals surface area contributed by atoms with E-state index in [0.29, 0.717) is 18.2 Å². The summed E-state index contributed by atoms with van der Waals surface area (Å²) in [6.07, 6.45) is 0.767. The lowest BCUT2D eigenvalue weighted by atomic mass is 10.1. The van der Waals surface area contributed by atoms with Crippen LogP contribution >= 0.6 is 0 Å². The van der Waals surface area contributed by atoms with Crippen molar-refractivity contribution in [3.63, 3.8) is 0 Å². The van der Waals surface area contributed by atoms with Crippen molar-refractivity contribution in [3.05, 3.63) is 30.1 Å². The maximum Gasteiger partial charge on any atom is 0.191 e. The molecule has 6 nitrogen and oxygen atoms in total. The van der Waals surface area contributed by atoms with E-state index in [1.165, 1.54) is 12.1 Å². The molecule has 2 atom stereocenters. The Bertz CT molecular complexity index is 604. The van der Waals surface area contributed by atoms with E-state index < -0.39 is 0 Å². The first kappa shape index (κ1) is 22.4. The number of hydrogen-bond donors (Lipinski definition) is 2. The van der Waals surface area contributed by atoms with E-state index in [2.05, 4.69) is 46.3 Å². The number of likely N-dealkylation sites (N-methyl/N-ethyl adjacent to an activating group) is 1. The molecule has 0 spiro atoms. The van der Waals surface area contributed by atoms with Gasteiger partial charge in [0, 0.05) is 52.4 Å². The van der Waals surface area contributed by atoms with Crippen molar-refractivity contribution in [1.29, 1.82) is 0 Å². The van der Waals surface area contributed by atoms with Gasteiger partial charge in [-0.15, -0.1) is 0 Å². The molecule has 0 bridgehead atoms. The first-order chi connectivity index (χ1) is 13.5. The minimum atomic E-state index is -0.285. The van der Waals surface area contributed by atoms with Crippen LogP contribution in [0.25, 0.3) is 0 Å². The van der Waals surface area contributed by atoms with Crippen molar-refractivity contribution < 1.29 is 9.13 Å². The van der Waals surface area contributed by atoms with Crippen molar-refractivity contribution in [2.24, 2.45) is 10.9 Å². The molecule has 1 heterocycles. The molecular weight excluding hydrogens is 357 g/mol. The molecule has 2 N–H and O–H groups in total. The second-order valence-electron chi connectivity index (χ2n) is 7.65. The summed E-state index contributed by atoms with van der Waals surface area (Å²) in [6.45, 7) is 11.5. The van der Waals surface area contributed by atoms with E-state index in [4.69, 9.17) is 4.74 Å². The highest BCUT2D eigenvalue weighted by atomic mass is 19.1. The van der Waals surface area contributed by atoms with Gasteiger partial charge in [-0.1, -0.05) is 19.9 Å². The molecule has 1 saturated heterocycles. The predicted octanol–water partition coefficient (Wildman–Crippen LogP) is 2.03. The number of guanidine groups is 1. The lowest BCUT2D eigenvalue weighted by Crippen LogP contribution is -2.48. The number of piperazine rings is 1. The normalized spacial score (nSPS) is 18.5. The van der Waals surface area contributed by atoms with Crippen LogP contribution in [-0.2, 0) is 0 Å². The van der Waals surface area contributed by atoms with Crippen molar-refractivity contribution >= 4 is 5.96 Å². The molecule has 0 aliphatic carbocycles. The summed E-state index contributed by atoms with van der Waals surface area (Å²) in [5.74, 6) is 1.57.